The fourth-order valence-electron chi connectivity index (χ4n) is 2.18. The van der Waals surface area contributed by atoms with Crippen LogP contribution < -0.4 is 10.6 Å². The molecule has 0 heterocycles. The van der Waals surface area contributed by atoms with Crippen molar-refractivity contribution in [2.24, 2.45) is 5.41 Å². The van der Waals surface area contributed by atoms with Crippen LogP contribution in [0, 0.1) is 5.41 Å². The predicted octanol–water partition coefficient (Wildman–Crippen LogP) is 5.31. The summed E-state index contributed by atoms with van der Waals surface area (Å²) < 4.78 is 5.92. The van der Waals surface area contributed by atoms with Crippen LogP contribution in [0.5, 0.6) is 0 Å². The van der Waals surface area contributed by atoms with E-state index >= 15 is 0 Å². The van der Waals surface area contributed by atoms with E-state index < -0.39 is 0 Å². The van der Waals surface area contributed by atoms with Gasteiger partial charge in [-0.2, -0.15) is 0 Å². The Bertz CT molecular complexity index is 365. The van der Waals surface area contributed by atoms with Gasteiger partial charge in [0.2, 0.25) is 5.91 Å². The third kappa shape index (κ3) is 16.8. The van der Waals surface area contributed by atoms with Gasteiger partial charge in [-0.3, -0.25) is 4.79 Å². The first-order valence-corrected chi connectivity index (χ1v) is 10.4. The fraction of sp³-hybridized carbons (Fsp3) is 0.955. The van der Waals surface area contributed by atoms with Crippen LogP contribution in [-0.4, -0.2) is 36.2 Å². The second kappa shape index (κ2) is 12.7. The lowest BCUT2D eigenvalue weighted by Crippen LogP contribution is -2.48. The molecule has 158 valence electrons. The molecular weight excluding hydrogens is 324 g/mol. The van der Waals surface area contributed by atoms with Gasteiger partial charge in [-0.15, -0.1) is 0 Å². The number of carbonyl (C=O) groups excluding carboxylic acids is 1. The SMILES string of the molecule is CC.CC(CCCCNC(C)(C)C)OCCC(C)(C)NC(=O)C(C)(C)C. The number of ether oxygens (including phenoxy) is 1. The summed E-state index contributed by atoms with van der Waals surface area (Å²) in [5, 5.41) is 6.62. The molecule has 1 amide bonds. The van der Waals surface area contributed by atoms with Crippen LogP contribution in [0.2, 0.25) is 0 Å². The lowest BCUT2D eigenvalue weighted by atomic mass is 9.92. The maximum atomic E-state index is 12.1. The molecule has 1 atom stereocenters. The van der Waals surface area contributed by atoms with Gasteiger partial charge in [0.1, 0.15) is 0 Å². The Labute approximate surface area is 164 Å². The molecule has 0 aromatic carbocycles. The van der Waals surface area contributed by atoms with Gasteiger partial charge in [-0.05, 0) is 73.8 Å². The van der Waals surface area contributed by atoms with Crippen molar-refractivity contribution in [3.8, 4) is 0 Å². The van der Waals surface area contributed by atoms with Gasteiger partial charge in [-0.1, -0.05) is 34.6 Å². The van der Waals surface area contributed by atoms with Crippen molar-refractivity contribution in [2.45, 2.75) is 119 Å². The minimum absolute atomic E-state index is 0.0897. The van der Waals surface area contributed by atoms with Crippen molar-refractivity contribution in [3.63, 3.8) is 0 Å². The molecule has 0 bridgehead atoms. The number of carbonyl (C=O) groups is 1. The van der Waals surface area contributed by atoms with Gasteiger partial charge in [-0.25, -0.2) is 0 Å². The standard InChI is InChI=1S/C20H42N2O2.C2H6/c1-16(12-10-11-14-21-19(5,6)7)24-15-13-20(8,9)22-17(23)18(2,3)4;1-2/h16,21H,10-15H2,1-9H3,(H,22,23);1-2H3. The molecule has 26 heavy (non-hydrogen) atoms. The Morgan fingerprint density at radius 1 is 0.962 bits per heavy atom. The molecule has 2 N–H and O–H groups in total. The van der Waals surface area contributed by atoms with Gasteiger partial charge in [0, 0.05) is 23.1 Å². The molecule has 0 saturated heterocycles. The molecule has 0 aromatic rings. The highest BCUT2D eigenvalue weighted by molar-refractivity contribution is 5.81. The minimum Gasteiger partial charge on any atom is -0.378 e. The van der Waals surface area contributed by atoms with Gasteiger partial charge >= 0.3 is 0 Å². The second-order valence-electron chi connectivity index (χ2n) is 9.69. The van der Waals surface area contributed by atoms with Crippen LogP contribution in [0.1, 0.15) is 102 Å². The third-order valence-electron chi connectivity index (χ3n) is 3.96. The van der Waals surface area contributed by atoms with Gasteiger partial charge < -0.3 is 15.4 Å². The van der Waals surface area contributed by atoms with E-state index in [1.54, 1.807) is 0 Å². The van der Waals surface area contributed by atoms with Crippen LogP contribution in [0.3, 0.4) is 0 Å². The van der Waals surface area contributed by atoms with E-state index in [1.165, 1.54) is 12.8 Å². The number of rotatable bonds is 10. The summed E-state index contributed by atoms with van der Waals surface area (Å²) in [6.07, 6.45) is 4.53. The fourth-order valence-corrected chi connectivity index (χ4v) is 2.18. The monoisotopic (exact) mass is 372 g/mol. The first kappa shape index (κ1) is 27.6. The van der Waals surface area contributed by atoms with E-state index in [0.717, 1.165) is 19.4 Å². The first-order valence-electron chi connectivity index (χ1n) is 10.4. The Morgan fingerprint density at radius 2 is 1.50 bits per heavy atom. The molecule has 0 aliphatic heterocycles. The quantitative estimate of drug-likeness (QED) is 0.511. The Hall–Kier alpha value is -0.610. The third-order valence-corrected chi connectivity index (χ3v) is 3.96. The Balaban J connectivity index is 0. The number of nitrogens with one attached hydrogen (secondary N) is 2. The molecule has 1 unspecified atom stereocenters. The Morgan fingerprint density at radius 3 is 1.96 bits per heavy atom. The van der Waals surface area contributed by atoms with E-state index in [2.05, 4.69) is 52.2 Å². The molecule has 0 aliphatic rings. The average Bonchev–Trinajstić information content (AvgIpc) is 2.46. The van der Waals surface area contributed by atoms with Crippen molar-refractivity contribution in [1.82, 2.24) is 10.6 Å². The van der Waals surface area contributed by atoms with Crippen molar-refractivity contribution >= 4 is 5.91 Å². The van der Waals surface area contributed by atoms with Crippen molar-refractivity contribution in [2.75, 3.05) is 13.2 Å². The summed E-state index contributed by atoms with van der Waals surface area (Å²) in [7, 11) is 0. The maximum Gasteiger partial charge on any atom is 0.225 e. The van der Waals surface area contributed by atoms with Crippen LogP contribution in [0.25, 0.3) is 0 Å². The highest BCUT2D eigenvalue weighted by Crippen LogP contribution is 2.17. The van der Waals surface area contributed by atoms with Crippen LogP contribution >= 0.6 is 0 Å². The smallest absolute Gasteiger partial charge is 0.225 e. The zero-order chi connectivity index (χ0) is 21.0. The topological polar surface area (TPSA) is 50.4 Å². The Kier molecular flexibility index (Phi) is 13.5. The van der Waals surface area contributed by atoms with Crippen LogP contribution in [-0.2, 0) is 9.53 Å². The highest BCUT2D eigenvalue weighted by Gasteiger charge is 2.27. The average molecular weight is 373 g/mol. The summed E-state index contributed by atoms with van der Waals surface area (Å²) in [5.74, 6) is 0.0897. The highest BCUT2D eigenvalue weighted by atomic mass is 16.5. The molecular formula is C22H48N2O2. The summed E-state index contributed by atoms with van der Waals surface area (Å²) >= 11 is 0. The number of amides is 1. The lowest BCUT2D eigenvalue weighted by Gasteiger charge is -2.30. The lowest BCUT2D eigenvalue weighted by molar-refractivity contribution is -0.130. The molecule has 0 radical (unpaired) electrons. The molecule has 0 aliphatic carbocycles. The summed E-state index contributed by atoms with van der Waals surface area (Å²) in [4.78, 5) is 12.1. The van der Waals surface area contributed by atoms with Gasteiger partial charge in [0.15, 0.2) is 0 Å². The van der Waals surface area contributed by atoms with Gasteiger partial charge in [0.25, 0.3) is 0 Å². The largest absolute Gasteiger partial charge is 0.378 e. The number of hydrogen-bond acceptors (Lipinski definition) is 3. The predicted molar refractivity (Wildman–Crippen MR) is 115 cm³/mol. The first-order chi connectivity index (χ1) is 11.7. The molecule has 0 rings (SSSR count). The summed E-state index contributed by atoms with van der Waals surface area (Å²) in [5.41, 5.74) is -0.390. The zero-order valence-electron chi connectivity index (χ0n) is 19.6. The molecule has 0 saturated carbocycles. The number of unbranched alkanes of at least 4 members (excludes halogenated alkanes) is 1. The second-order valence-corrected chi connectivity index (χ2v) is 9.69. The van der Waals surface area contributed by atoms with E-state index in [9.17, 15) is 4.79 Å². The molecule has 4 heteroatoms. The van der Waals surface area contributed by atoms with Crippen molar-refractivity contribution in [1.29, 1.82) is 0 Å². The molecule has 0 spiro atoms. The van der Waals surface area contributed by atoms with Crippen molar-refractivity contribution < 1.29 is 9.53 Å². The van der Waals surface area contributed by atoms with Gasteiger partial charge in [0.05, 0.1) is 6.10 Å². The van der Waals surface area contributed by atoms with E-state index in [0.29, 0.717) is 6.61 Å². The molecule has 0 aromatic heterocycles. The van der Waals surface area contributed by atoms with E-state index in [4.69, 9.17) is 4.74 Å². The number of hydrogen-bond donors (Lipinski definition) is 2. The summed E-state index contributed by atoms with van der Waals surface area (Å²) in [6, 6.07) is 0. The molecule has 4 nitrogen and oxygen atoms in total. The maximum absolute atomic E-state index is 12.1. The van der Waals surface area contributed by atoms with E-state index in [1.807, 2.05) is 34.6 Å². The zero-order valence-corrected chi connectivity index (χ0v) is 19.6. The molecule has 0 fully saturated rings. The minimum atomic E-state index is -0.355. The normalized spacial score (nSPS) is 13.7. The summed E-state index contributed by atoms with van der Waals surface area (Å²) in [6.45, 7) is 24.4. The van der Waals surface area contributed by atoms with Crippen LogP contribution in [0.15, 0.2) is 0 Å². The van der Waals surface area contributed by atoms with Crippen molar-refractivity contribution in [3.05, 3.63) is 0 Å². The van der Waals surface area contributed by atoms with E-state index in [-0.39, 0.29) is 28.5 Å². The van der Waals surface area contributed by atoms with Crippen LogP contribution in [0.4, 0.5) is 0 Å².